The molecule has 2 aliphatic rings. The van der Waals surface area contributed by atoms with Gasteiger partial charge in [0.25, 0.3) is 0 Å². The number of benzene rings is 2. The number of hydrogen-bond donors (Lipinski definition) is 0. The van der Waals surface area contributed by atoms with Gasteiger partial charge in [0.1, 0.15) is 23.4 Å². The Bertz CT molecular complexity index is 1090. The van der Waals surface area contributed by atoms with E-state index in [9.17, 15) is 18.4 Å². The van der Waals surface area contributed by atoms with Crippen LogP contribution in [0.25, 0.3) is 6.08 Å². The summed E-state index contributed by atoms with van der Waals surface area (Å²) in [6.07, 6.45) is 6.06. The number of carbonyl (C=O) groups is 2. The van der Waals surface area contributed by atoms with E-state index < -0.39 is 11.6 Å². The number of piperidine rings is 2. The molecule has 1 atom stereocenters. The third kappa shape index (κ3) is 6.74. The van der Waals surface area contributed by atoms with E-state index in [1.165, 1.54) is 37.0 Å². The summed E-state index contributed by atoms with van der Waals surface area (Å²) >= 11 is 0. The Morgan fingerprint density at radius 1 is 0.919 bits per heavy atom. The lowest BCUT2D eigenvalue weighted by atomic mass is 9.84. The van der Waals surface area contributed by atoms with Crippen molar-refractivity contribution in [2.24, 2.45) is 5.92 Å². The van der Waals surface area contributed by atoms with Crippen LogP contribution in [0.3, 0.4) is 0 Å². The second-order valence-corrected chi connectivity index (χ2v) is 9.75. The van der Waals surface area contributed by atoms with E-state index in [1.54, 1.807) is 12.0 Å². The summed E-state index contributed by atoms with van der Waals surface area (Å²) in [5.41, 5.74) is 1.58. The van der Waals surface area contributed by atoms with Crippen molar-refractivity contribution in [1.82, 2.24) is 9.80 Å². The average Bonchev–Trinajstić information content (AvgIpc) is 2.92. The van der Waals surface area contributed by atoms with E-state index in [4.69, 9.17) is 9.47 Å². The Morgan fingerprint density at radius 3 is 2.11 bits per heavy atom. The lowest BCUT2D eigenvalue weighted by Crippen LogP contribution is -2.52. The molecule has 0 radical (unpaired) electrons. The maximum Gasteiger partial charge on any atom is 0.323 e. The quantitative estimate of drug-likeness (QED) is 0.400. The van der Waals surface area contributed by atoms with Crippen molar-refractivity contribution in [3.63, 3.8) is 0 Å². The van der Waals surface area contributed by atoms with Crippen LogP contribution in [0.2, 0.25) is 0 Å². The van der Waals surface area contributed by atoms with E-state index >= 15 is 0 Å². The van der Waals surface area contributed by atoms with Crippen LogP contribution < -0.4 is 4.74 Å². The largest absolute Gasteiger partial charge is 0.497 e. The van der Waals surface area contributed by atoms with Crippen LogP contribution in [0.1, 0.15) is 42.7 Å². The first-order chi connectivity index (χ1) is 17.9. The fraction of sp³-hybridized carbons (Fsp3) is 0.448. The topological polar surface area (TPSA) is 59.1 Å². The lowest BCUT2D eigenvalue weighted by Gasteiger charge is -2.42. The number of rotatable bonds is 7. The standard InChI is InChI=1S/C29H34F2N2O4/c1-36-26-6-4-21(5-7-26)22-9-15-33(16-10-22)28(29(35)37-2)23-11-13-32(14-12-23)27(34)8-3-20-17-24(30)19-25(31)18-20/h3-8,17-19,22-23,28H,9-16H2,1-2H3/b8-3+. The van der Waals surface area contributed by atoms with Crippen molar-refractivity contribution < 1.29 is 27.8 Å². The molecule has 0 N–H and O–H groups in total. The van der Waals surface area contributed by atoms with Gasteiger partial charge in [0.15, 0.2) is 0 Å². The first-order valence-electron chi connectivity index (χ1n) is 12.8. The summed E-state index contributed by atoms with van der Waals surface area (Å²) in [5, 5.41) is 0. The molecule has 2 aliphatic heterocycles. The van der Waals surface area contributed by atoms with Crippen molar-refractivity contribution in [1.29, 1.82) is 0 Å². The highest BCUT2D eigenvalue weighted by molar-refractivity contribution is 5.91. The summed E-state index contributed by atoms with van der Waals surface area (Å²) in [6, 6.07) is 11.0. The van der Waals surface area contributed by atoms with Gasteiger partial charge in [-0.2, -0.15) is 0 Å². The van der Waals surface area contributed by atoms with Crippen molar-refractivity contribution in [2.75, 3.05) is 40.4 Å². The molecule has 0 aliphatic carbocycles. The number of ether oxygens (including phenoxy) is 2. The molecule has 2 saturated heterocycles. The molecule has 0 aromatic heterocycles. The van der Waals surface area contributed by atoms with Gasteiger partial charge in [-0.25, -0.2) is 8.78 Å². The molecule has 8 heteroatoms. The maximum absolute atomic E-state index is 13.4. The average molecular weight is 513 g/mol. The van der Waals surface area contributed by atoms with Crippen molar-refractivity contribution in [2.45, 2.75) is 37.6 Å². The van der Waals surface area contributed by atoms with E-state index in [1.807, 2.05) is 12.1 Å². The van der Waals surface area contributed by atoms with Crippen LogP contribution in [0.4, 0.5) is 8.78 Å². The highest BCUT2D eigenvalue weighted by Gasteiger charge is 2.38. The minimum absolute atomic E-state index is 0.0929. The van der Waals surface area contributed by atoms with Crippen LogP contribution in [0.5, 0.6) is 5.75 Å². The number of esters is 1. The maximum atomic E-state index is 13.4. The Hall–Kier alpha value is -3.26. The number of carbonyl (C=O) groups excluding carboxylic acids is 2. The Kier molecular flexibility index (Phi) is 8.92. The van der Waals surface area contributed by atoms with Gasteiger partial charge in [-0.05, 0) is 92.1 Å². The monoisotopic (exact) mass is 512 g/mol. The summed E-state index contributed by atoms with van der Waals surface area (Å²) in [5.74, 6) is -0.424. The van der Waals surface area contributed by atoms with E-state index in [0.717, 1.165) is 37.7 Å². The Labute approximate surface area is 216 Å². The van der Waals surface area contributed by atoms with Crippen molar-refractivity contribution in [3.8, 4) is 5.75 Å². The molecule has 2 aromatic carbocycles. The van der Waals surface area contributed by atoms with Gasteiger partial charge in [0.05, 0.1) is 14.2 Å². The summed E-state index contributed by atoms with van der Waals surface area (Å²) in [7, 11) is 3.09. The normalized spacial score (nSPS) is 18.6. The molecule has 6 nitrogen and oxygen atoms in total. The zero-order valence-electron chi connectivity index (χ0n) is 21.4. The van der Waals surface area contributed by atoms with Gasteiger partial charge >= 0.3 is 5.97 Å². The molecule has 2 heterocycles. The number of amides is 1. The molecule has 0 saturated carbocycles. The van der Waals surface area contributed by atoms with Gasteiger partial charge in [-0.3, -0.25) is 14.5 Å². The van der Waals surface area contributed by atoms with E-state index in [-0.39, 0.29) is 23.8 Å². The minimum atomic E-state index is -0.685. The Morgan fingerprint density at radius 2 is 1.54 bits per heavy atom. The van der Waals surface area contributed by atoms with Gasteiger partial charge in [-0.1, -0.05) is 12.1 Å². The molecule has 1 unspecified atom stereocenters. The fourth-order valence-corrected chi connectivity index (χ4v) is 5.53. The van der Waals surface area contributed by atoms with Crippen LogP contribution in [-0.4, -0.2) is 68.1 Å². The smallest absolute Gasteiger partial charge is 0.323 e. The van der Waals surface area contributed by atoms with Gasteiger partial charge in [0, 0.05) is 25.2 Å². The van der Waals surface area contributed by atoms with Crippen LogP contribution >= 0.6 is 0 Å². The fourth-order valence-electron chi connectivity index (χ4n) is 5.53. The summed E-state index contributed by atoms with van der Waals surface area (Å²) < 4.78 is 37.2. The zero-order valence-corrected chi connectivity index (χ0v) is 21.4. The van der Waals surface area contributed by atoms with Crippen molar-refractivity contribution in [3.05, 3.63) is 71.3 Å². The molecule has 198 valence electrons. The van der Waals surface area contributed by atoms with Gasteiger partial charge in [0.2, 0.25) is 5.91 Å². The van der Waals surface area contributed by atoms with Crippen molar-refractivity contribution >= 4 is 18.0 Å². The highest BCUT2D eigenvalue weighted by Crippen LogP contribution is 2.33. The van der Waals surface area contributed by atoms with E-state index in [2.05, 4.69) is 17.0 Å². The molecule has 2 fully saturated rings. The summed E-state index contributed by atoms with van der Waals surface area (Å²) in [6.45, 7) is 2.65. The number of halogens is 2. The Balaban J connectivity index is 1.33. The molecule has 37 heavy (non-hydrogen) atoms. The number of hydrogen-bond acceptors (Lipinski definition) is 5. The first-order valence-corrected chi connectivity index (χ1v) is 12.8. The van der Waals surface area contributed by atoms with Crippen LogP contribution in [0.15, 0.2) is 48.5 Å². The predicted octanol–water partition coefficient (Wildman–Crippen LogP) is 4.65. The zero-order chi connectivity index (χ0) is 26.4. The molecule has 1 amide bonds. The first kappa shape index (κ1) is 26.8. The van der Waals surface area contributed by atoms with Crippen LogP contribution in [-0.2, 0) is 14.3 Å². The van der Waals surface area contributed by atoms with Gasteiger partial charge < -0.3 is 14.4 Å². The number of nitrogens with zero attached hydrogens (tertiary/aromatic N) is 2. The number of methoxy groups -OCH3 is 2. The second kappa shape index (κ2) is 12.3. The second-order valence-electron chi connectivity index (χ2n) is 9.75. The van der Waals surface area contributed by atoms with Gasteiger partial charge in [-0.15, -0.1) is 0 Å². The molecule has 0 bridgehead atoms. The third-order valence-corrected chi connectivity index (χ3v) is 7.55. The lowest BCUT2D eigenvalue weighted by molar-refractivity contribution is -0.151. The van der Waals surface area contributed by atoms with E-state index in [0.29, 0.717) is 37.4 Å². The predicted molar refractivity (Wildman–Crippen MR) is 137 cm³/mol. The third-order valence-electron chi connectivity index (χ3n) is 7.55. The molecule has 4 rings (SSSR count). The molecule has 2 aromatic rings. The highest BCUT2D eigenvalue weighted by atomic mass is 19.1. The SMILES string of the molecule is COC(=O)C(C1CCN(C(=O)/C=C/c2cc(F)cc(F)c2)CC1)N1CCC(c2ccc(OC)cc2)CC1. The molecular weight excluding hydrogens is 478 g/mol. The molecule has 0 spiro atoms. The number of likely N-dealkylation sites (tertiary alicyclic amines) is 2. The van der Waals surface area contributed by atoms with Crippen LogP contribution in [0, 0.1) is 17.6 Å². The molecular formula is C29H34F2N2O4. The summed E-state index contributed by atoms with van der Waals surface area (Å²) in [4.78, 5) is 29.5. The minimum Gasteiger partial charge on any atom is -0.497 e.